The highest BCUT2D eigenvalue weighted by atomic mass is 16.5. The lowest BCUT2D eigenvalue weighted by Gasteiger charge is -2.42. The van der Waals surface area contributed by atoms with Gasteiger partial charge in [0, 0.05) is 38.8 Å². The highest BCUT2D eigenvalue weighted by Crippen LogP contribution is 2.31. The van der Waals surface area contributed by atoms with Gasteiger partial charge in [-0.1, -0.05) is 0 Å². The lowest BCUT2D eigenvalue weighted by Crippen LogP contribution is -2.52. The van der Waals surface area contributed by atoms with E-state index in [2.05, 4.69) is 11.8 Å². The molecule has 17 heavy (non-hydrogen) atoms. The van der Waals surface area contributed by atoms with Gasteiger partial charge < -0.3 is 15.2 Å². The van der Waals surface area contributed by atoms with E-state index in [-0.39, 0.29) is 11.0 Å². The molecule has 0 aliphatic carbocycles. The number of nitrogens with two attached hydrogens (primary N) is 1. The summed E-state index contributed by atoms with van der Waals surface area (Å²) in [5.41, 5.74) is 6.16. The molecule has 2 heterocycles. The summed E-state index contributed by atoms with van der Waals surface area (Å²) in [4.78, 5) is 2.51. The van der Waals surface area contributed by atoms with Gasteiger partial charge in [0.1, 0.15) is 0 Å². The first-order valence-electron chi connectivity index (χ1n) is 6.67. The van der Waals surface area contributed by atoms with Crippen LogP contribution in [0.25, 0.3) is 0 Å². The van der Waals surface area contributed by atoms with Crippen LogP contribution in [0.2, 0.25) is 0 Å². The average molecular weight is 242 g/mol. The number of likely N-dealkylation sites (tertiary alicyclic amines) is 1. The van der Waals surface area contributed by atoms with Crippen molar-refractivity contribution in [2.45, 2.75) is 31.8 Å². The van der Waals surface area contributed by atoms with Gasteiger partial charge in [0.15, 0.2) is 0 Å². The van der Waals surface area contributed by atoms with E-state index in [9.17, 15) is 0 Å². The third kappa shape index (κ3) is 2.99. The molecule has 2 aliphatic rings. The van der Waals surface area contributed by atoms with E-state index in [1.54, 1.807) is 0 Å². The Morgan fingerprint density at radius 2 is 2.24 bits per heavy atom. The van der Waals surface area contributed by atoms with Gasteiger partial charge in [-0.15, -0.1) is 0 Å². The fourth-order valence-corrected chi connectivity index (χ4v) is 3.08. The zero-order valence-corrected chi connectivity index (χ0v) is 11.2. The number of hydrogen-bond donors (Lipinski definition) is 1. The lowest BCUT2D eigenvalue weighted by atomic mass is 9.85. The molecule has 0 radical (unpaired) electrons. The maximum Gasteiger partial charge on any atom is 0.0777 e. The van der Waals surface area contributed by atoms with Gasteiger partial charge in [0.05, 0.1) is 12.2 Å². The molecular weight excluding hydrogens is 216 g/mol. The zero-order chi connectivity index (χ0) is 12.4. The van der Waals surface area contributed by atoms with Gasteiger partial charge in [0.25, 0.3) is 0 Å². The van der Waals surface area contributed by atoms with Crippen molar-refractivity contribution < 1.29 is 9.47 Å². The van der Waals surface area contributed by atoms with Gasteiger partial charge in [-0.3, -0.25) is 4.90 Å². The van der Waals surface area contributed by atoms with E-state index in [4.69, 9.17) is 15.2 Å². The molecule has 100 valence electrons. The topological polar surface area (TPSA) is 47.7 Å². The molecule has 2 saturated heterocycles. The van der Waals surface area contributed by atoms with Gasteiger partial charge in [-0.05, 0) is 32.7 Å². The third-order valence-electron chi connectivity index (χ3n) is 4.41. The Labute approximate surface area is 104 Å². The first kappa shape index (κ1) is 13.3. The molecule has 0 spiro atoms. The largest absolute Gasteiger partial charge is 0.381 e. The summed E-state index contributed by atoms with van der Waals surface area (Å²) in [6.45, 7) is 7.87. The van der Waals surface area contributed by atoms with Crippen molar-refractivity contribution >= 4 is 0 Å². The average Bonchev–Trinajstić information content (AvgIpc) is 2.78. The van der Waals surface area contributed by atoms with Crippen molar-refractivity contribution in [2.24, 2.45) is 11.1 Å². The van der Waals surface area contributed by atoms with Crippen molar-refractivity contribution in [2.75, 3.05) is 46.5 Å². The van der Waals surface area contributed by atoms with Crippen molar-refractivity contribution in [3.05, 3.63) is 0 Å². The molecule has 0 bridgehead atoms. The highest BCUT2D eigenvalue weighted by Gasteiger charge is 2.38. The van der Waals surface area contributed by atoms with Crippen LogP contribution < -0.4 is 5.73 Å². The Bertz CT molecular complexity index is 254. The van der Waals surface area contributed by atoms with Crippen molar-refractivity contribution in [1.29, 1.82) is 0 Å². The van der Waals surface area contributed by atoms with Crippen LogP contribution in [0.1, 0.15) is 26.2 Å². The minimum atomic E-state index is 0.0213. The smallest absolute Gasteiger partial charge is 0.0777 e. The number of methoxy groups -OCH3 is 1. The predicted molar refractivity (Wildman–Crippen MR) is 68.0 cm³/mol. The predicted octanol–water partition coefficient (Wildman–Crippen LogP) is 0.853. The van der Waals surface area contributed by atoms with Gasteiger partial charge in [-0.25, -0.2) is 0 Å². The minimum Gasteiger partial charge on any atom is -0.381 e. The molecule has 2 atom stereocenters. The third-order valence-corrected chi connectivity index (χ3v) is 4.41. The fourth-order valence-electron chi connectivity index (χ4n) is 3.08. The number of hydrogen-bond acceptors (Lipinski definition) is 4. The van der Waals surface area contributed by atoms with Crippen molar-refractivity contribution in [1.82, 2.24) is 4.90 Å². The highest BCUT2D eigenvalue weighted by molar-refractivity contribution is 4.91. The van der Waals surface area contributed by atoms with E-state index in [1.165, 1.54) is 13.0 Å². The molecule has 4 heteroatoms. The molecule has 0 saturated carbocycles. The number of ether oxygens (including phenoxy) is 2. The molecule has 4 nitrogen and oxygen atoms in total. The first-order chi connectivity index (χ1) is 8.11. The summed E-state index contributed by atoms with van der Waals surface area (Å²) >= 11 is 0. The van der Waals surface area contributed by atoms with Crippen molar-refractivity contribution in [3.63, 3.8) is 0 Å². The van der Waals surface area contributed by atoms with Crippen LogP contribution in [0, 0.1) is 5.41 Å². The SMILES string of the molecule is COC1(C)CCCN(CC2(CN)CCOC2)C1. The second-order valence-corrected chi connectivity index (χ2v) is 5.97. The molecule has 0 aromatic carbocycles. The lowest BCUT2D eigenvalue weighted by molar-refractivity contribution is -0.0593. The number of piperidine rings is 1. The van der Waals surface area contributed by atoms with Crippen LogP contribution in [0.15, 0.2) is 0 Å². The molecule has 2 aliphatic heterocycles. The Morgan fingerprint density at radius 3 is 2.82 bits per heavy atom. The summed E-state index contributed by atoms with van der Waals surface area (Å²) in [6, 6.07) is 0. The van der Waals surface area contributed by atoms with E-state index in [1.807, 2.05) is 7.11 Å². The monoisotopic (exact) mass is 242 g/mol. The summed E-state index contributed by atoms with van der Waals surface area (Å²) in [5, 5.41) is 0. The molecule has 2 rings (SSSR count). The summed E-state index contributed by atoms with van der Waals surface area (Å²) in [6.07, 6.45) is 3.47. The molecule has 0 amide bonds. The van der Waals surface area contributed by atoms with Crippen LogP contribution in [0.3, 0.4) is 0 Å². The number of rotatable bonds is 4. The zero-order valence-electron chi connectivity index (χ0n) is 11.2. The van der Waals surface area contributed by atoms with Gasteiger partial charge in [-0.2, -0.15) is 0 Å². The Kier molecular flexibility index (Phi) is 4.08. The molecule has 0 aromatic heterocycles. The second kappa shape index (κ2) is 5.22. The number of nitrogens with zero attached hydrogens (tertiary/aromatic N) is 1. The normalized spacial score (nSPS) is 39.7. The molecule has 0 aromatic rings. The molecule has 2 unspecified atom stereocenters. The quantitative estimate of drug-likeness (QED) is 0.794. The molecular formula is C13H26N2O2. The summed E-state index contributed by atoms with van der Waals surface area (Å²) in [7, 11) is 1.82. The van der Waals surface area contributed by atoms with Crippen LogP contribution in [0.5, 0.6) is 0 Å². The van der Waals surface area contributed by atoms with E-state index in [0.29, 0.717) is 0 Å². The van der Waals surface area contributed by atoms with E-state index < -0.39 is 0 Å². The Hall–Kier alpha value is -0.160. The minimum absolute atomic E-state index is 0.0213. The van der Waals surface area contributed by atoms with Crippen LogP contribution in [0.4, 0.5) is 0 Å². The summed E-state index contributed by atoms with van der Waals surface area (Å²) < 4.78 is 11.2. The molecule has 2 fully saturated rings. The van der Waals surface area contributed by atoms with E-state index in [0.717, 1.165) is 45.7 Å². The maximum absolute atomic E-state index is 5.95. The van der Waals surface area contributed by atoms with Crippen molar-refractivity contribution in [3.8, 4) is 0 Å². The van der Waals surface area contributed by atoms with Crippen LogP contribution in [-0.2, 0) is 9.47 Å². The van der Waals surface area contributed by atoms with Gasteiger partial charge >= 0.3 is 0 Å². The van der Waals surface area contributed by atoms with E-state index >= 15 is 0 Å². The van der Waals surface area contributed by atoms with Crippen LogP contribution in [-0.4, -0.2) is 57.0 Å². The summed E-state index contributed by atoms with van der Waals surface area (Å²) in [5.74, 6) is 0. The van der Waals surface area contributed by atoms with Gasteiger partial charge in [0.2, 0.25) is 0 Å². The fraction of sp³-hybridized carbons (Fsp3) is 1.00. The Morgan fingerprint density at radius 1 is 1.41 bits per heavy atom. The Balaban J connectivity index is 1.94. The maximum atomic E-state index is 5.95. The van der Waals surface area contributed by atoms with Crippen LogP contribution >= 0.6 is 0 Å². The first-order valence-corrected chi connectivity index (χ1v) is 6.67. The standard InChI is InChI=1S/C13H26N2O2/c1-12(16-2)4-3-6-15(9-12)10-13(8-14)5-7-17-11-13/h3-11,14H2,1-2H3. The second-order valence-electron chi connectivity index (χ2n) is 5.97. The molecule has 2 N–H and O–H groups in total.